The van der Waals surface area contributed by atoms with E-state index < -0.39 is 0 Å². The summed E-state index contributed by atoms with van der Waals surface area (Å²) < 4.78 is 2.08. The van der Waals surface area contributed by atoms with Gasteiger partial charge in [-0.1, -0.05) is 18.2 Å². The van der Waals surface area contributed by atoms with Crippen molar-refractivity contribution in [3.05, 3.63) is 64.0 Å². The number of hydrogen-bond donors (Lipinski definition) is 1. The summed E-state index contributed by atoms with van der Waals surface area (Å²) in [5.41, 5.74) is 12.9. The molecule has 3 aromatic rings. The van der Waals surface area contributed by atoms with E-state index in [1.165, 1.54) is 0 Å². The fourth-order valence-electron chi connectivity index (χ4n) is 3.84. The second-order valence-electron chi connectivity index (χ2n) is 6.71. The van der Waals surface area contributed by atoms with E-state index in [2.05, 4.69) is 46.1 Å². The van der Waals surface area contributed by atoms with Crippen LogP contribution < -0.4 is 5.73 Å². The fraction of sp³-hybridized carbons (Fsp3) is 0.136. The van der Waals surface area contributed by atoms with Crippen molar-refractivity contribution in [1.82, 2.24) is 9.55 Å². The van der Waals surface area contributed by atoms with Crippen molar-refractivity contribution in [3.63, 3.8) is 0 Å². The molecule has 1 aliphatic rings. The minimum absolute atomic E-state index is 0.167. The van der Waals surface area contributed by atoms with Gasteiger partial charge in [-0.25, -0.2) is 4.98 Å². The Morgan fingerprint density at radius 3 is 2.59 bits per heavy atom. The van der Waals surface area contributed by atoms with E-state index in [1.807, 2.05) is 33.0 Å². The molecule has 0 atom stereocenters. The third-order valence-electron chi connectivity index (χ3n) is 5.21. The number of allylic oxidation sites excluding steroid dienone is 3. The van der Waals surface area contributed by atoms with E-state index >= 15 is 0 Å². The van der Waals surface area contributed by atoms with Gasteiger partial charge in [-0.15, -0.1) is 0 Å². The maximum Gasteiger partial charge on any atom is 0.142 e. The zero-order valence-corrected chi connectivity index (χ0v) is 15.3. The quantitative estimate of drug-likeness (QED) is 0.711. The van der Waals surface area contributed by atoms with Gasteiger partial charge >= 0.3 is 0 Å². The number of aromatic nitrogens is 2. The molecule has 0 unspecified atom stereocenters. The van der Waals surface area contributed by atoms with E-state index in [1.54, 1.807) is 0 Å². The van der Waals surface area contributed by atoms with Gasteiger partial charge in [0.1, 0.15) is 18.0 Å². The van der Waals surface area contributed by atoms with Crippen LogP contribution in [0.5, 0.6) is 0 Å². The predicted octanol–water partition coefficient (Wildman–Crippen LogP) is 4.19. The lowest BCUT2D eigenvalue weighted by Gasteiger charge is -2.10. The maximum absolute atomic E-state index is 9.67. The number of pyridine rings is 1. The molecule has 1 aromatic carbocycles. The van der Waals surface area contributed by atoms with Crippen LogP contribution in [-0.2, 0) is 7.05 Å². The molecule has 0 spiro atoms. The maximum atomic E-state index is 9.67. The van der Waals surface area contributed by atoms with Crippen LogP contribution >= 0.6 is 0 Å². The highest BCUT2D eigenvalue weighted by molar-refractivity contribution is 6.10. The van der Waals surface area contributed by atoms with Gasteiger partial charge in [0.25, 0.3) is 0 Å². The van der Waals surface area contributed by atoms with Gasteiger partial charge in [-0.3, -0.25) is 0 Å². The van der Waals surface area contributed by atoms with Gasteiger partial charge in [0.05, 0.1) is 16.8 Å². The SMILES string of the molecule is CC1=C(C#N)c2nc(N)c(C#N)c(C)c2C1=Cc1cn(C)c2ccccc12. The molecule has 0 amide bonds. The van der Waals surface area contributed by atoms with Crippen LogP contribution in [0.2, 0.25) is 0 Å². The van der Waals surface area contributed by atoms with Gasteiger partial charge in [0, 0.05) is 35.3 Å². The monoisotopic (exact) mass is 351 g/mol. The van der Waals surface area contributed by atoms with Crippen molar-refractivity contribution in [1.29, 1.82) is 10.5 Å². The van der Waals surface area contributed by atoms with Crippen molar-refractivity contribution in [2.24, 2.45) is 7.05 Å². The van der Waals surface area contributed by atoms with Crippen molar-refractivity contribution in [2.75, 3.05) is 5.73 Å². The van der Waals surface area contributed by atoms with E-state index in [-0.39, 0.29) is 5.82 Å². The summed E-state index contributed by atoms with van der Waals surface area (Å²) in [6.07, 6.45) is 4.15. The summed E-state index contributed by atoms with van der Waals surface area (Å²) in [4.78, 5) is 4.38. The molecule has 0 bridgehead atoms. The number of para-hydroxylation sites is 1. The van der Waals surface area contributed by atoms with E-state index in [9.17, 15) is 10.5 Å². The summed E-state index contributed by atoms with van der Waals surface area (Å²) in [6, 6.07) is 12.6. The van der Waals surface area contributed by atoms with Crippen LogP contribution in [0.25, 0.3) is 28.1 Å². The molecular weight excluding hydrogens is 334 g/mol. The molecule has 5 heteroatoms. The topological polar surface area (TPSA) is 91.4 Å². The number of aryl methyl sites for hydroxylation is 1. The fourth-order valence-corrected chi connectivity index (χ4v) is 3.84. The lowest BCUT2D eigenvalue weighted by Crippen LogP contribution is -2.03. The van der Waals surface area contributed by atoms with Crippen LogP contribution in [0, 0.1) is 29.6 Å². The standard InChI is InChI=1S/C22H17N5/c1-12-16(8-14-11-27(3)19-7-5-4-6-15(14)19)20-13(2)18(10-24)22(25)26-21(20)17(12)9-23/h4-8,11H,1-3H3,(H2,25,26). The first-order valence-corrected chi connectivity index (χ1v) is 8.56. The molecular formula is C22H17N5. The third kappa shape index (κ3) is 2.26. The Morgan fingerprint density at radius 1 is 1.15 bits per heavy atom. The first-order chi connectivity index (χ1) is 13.0. The Bertz CT molecular complexity index is 1270. The molecule has 130 valence electrons. The lowest BCUT2D eigenvalue weighted by atomic mass is 9.95. The summed E-state index contributed by atoms with van der Waals surface area (Å²) >= 11 is 0. The lowest BCUT2D eigenvalue weighted by molar-refractivity contribution is 0.968. The highest BCUT2D eigenvalue weighted by Crippen LogP contribution is 2.44. The third-order valence-corrected chi connectivity index (χ3v) is 5.21. The molecule has 1 aliphatic carbocycles. The van der Waals surface area contributed by atoms with Crippen LogP contribution in [-0.4, -0.2) is 9.55 Å². The number of hydrogen-bond acceptors (Lipinski definition) is 4. The molecule has 0 saturated heterocycles. The van der Waals surface area contributed by atoms with Gasteiger partial charge in [-0.2, -0.15) is 10.5 Å². The Kier molecular flexibility index (Phi) is 3.61. The molecule has 0 saturated carbocycles. The van der Waals surface area contributed by atoms with E-state index in [4.69, 9.17) is 5.73 Å². The molecule has 2 heterocycles. The number of rotatable bonds is 1. The van der Waals surface area contributed by atoms with Gasteiger partial charge < -0.3 is 10.3 Å². The van der Waals surface area contributed by atoms with Gasteiger partial charge in [0.2, 0.25) is 0 Å². The van der Waals surface area contributed by atoms with Crippen LogP contribution in [0.15, 0.2) is 36.0 Å². The molecule has 4 rings (SSSR count). The van der Waals surface area contributed by atoms with Crippen molar-refractivity contribution in [3.8, 4) is 12.1 Å². The second kappa shape index (κ2) is 5.86. The first-order valence-electron chi connectivity index (χ1n) is 8.56. The molecule has 27 heavy (non-hydrogen) atoms. The smallest absolute Gasteiger partial charge is 0.142 e. The summed E-state index contributed by atoms with van der Waals surface area (Å²) in [5.74, 6) is 0.167. The van der Waals surface area contributed by atoms with Gasteiger partial charge in [0.15, 0.2) is 0 Å². The number of anilines is 1. The number of nitrogens with zero attached hydrogens (tertiary/aromatic N) is 4. The number of nitriles is 2. The molecule has 2 N–H and O–H groups in total. The Balaban J connectivity index is 2.06. The first kappa shape index (κ1) is 16.6. The zero-order valence-electron chi connectivity index (χ0n) is 15.3. The Morgan fingerprint density at radius 2 is 1.89 bits per heavy atom. The minimum Gasteiger partial charge on any atom is -0.383 e. The van der Waals surface area contributed by atoms with Crippen molar-refractivity contribution >= 4 is 33.9 Å². The van der Waals surface area contributed by atoms with Crippen LogP contribution in [0.3, 0.4) is 0 Å². The zero-order chi connectivity index (χ0) is 19.3. The van der Waals surface area contributed by atoms with E-state index in [0.717, 1.165) is 38.7 Å². The van der Waals surface area contributed by atoms with Crippen molar-refractivity contribution in [2.45, 2.75) is 13.8 Å². The number of nitrogen functional groups attached to an aromatic ring is 1. The second-order valence-corrected chi connectivity index (χ2v) is 6.71. The molecule has 0 radical (unpaired) electrons. The highest BCUT2D eigenvalue weighted by atomic mass is 14.9. The molecule has 0 aliphatic heterocycles. The number of benzene rings is 1. The molecule has 2 aromatic heterocycles. The van der Waals surface area contributed by atoms with E-state index in [0.29, 0.717) is 16.8 Å². The average Bonchev–Trinajstić information content (AvgIpc) is 3.10. The van der Waals surface area contributed by atoms with Crippen LogP contribution in [0.4, 0.5) is 5.82 Å². The summed E-state index contributed by atoms with van der Waals surface area (Å²) in [7, 11) is 2.01. The number of fused-ring (bicyclic) bond motifs is 2. The summed E-state index contributed by atoms with van der Waals surface area (Å²) in [6.45, 7) is 3.78. The average molecular weight is 351 g/mol. The predicted molar refractivity (Wildman–Crippen MR) is 107 cm³/mol. The summed E-state index contributed by atoms with van der Waals surface area (Å²) in [5, 5.41) is 20.3. The minimum atomic E-state index is 0.167. The highest BCUT2D eigenvalue weighted by Gasteiger charge is 2.29. The van der Waals surface area contributed by atoms with Crippen molar-refractivity contribution < 1.29 is 0 Å². The van der Waals surface area contributed by atoms with Gasteiger partial charge in [-0.05, 0) is 42.7 Å². The Labute approximate surface area is 157 Å². The molecule has 5 nitrogen and oxygen atoms in total. The molecule has 0 fully saturated rings. The Hall–Kier alpha value is -3.83. The number of nitrogens with two attached hydrogens (primary N) is 1. The largest absolute Gasteiger partial charge is 0.383 e. The van der Waals surface area contributed by atoms with Crippen LogP contribution in [0.1, 0.15) is 34.9 Å². The normalized spacial score (nSPS) is 14.5.